The first-order chi connectivity index (χ1) is 6.66. The van der Waals surface area contributed by atoms with Crippen LogP contribution in [0.5, 0.6) is 0 Å². The van der Waals surface area contributed by atoms with Crippen molar-refractivity contribution < 1.29 is 14.2 Å². The third-order valence-corrected chi connectivity index (χ3v) is 2.19. The summed E-state index contributed by atoms with van der Waals surface area (Å²) in [5.74, 6) is 2.43. The van der Waals surface area contributed by atoms with Crippen molar-refractivity contribution in [2.45, 2.75) is 18.9 Å². The Hall–Kier alpha value is -1.41. The Morgan fingerprint density at radius 2 is 2.57 bits per heavy atom. The summed E-state index contributed by atoms with van der Waals surface area (Å²) in [6, 6.07) is 0. The lowest BCUT2D eigenvalue weighted by atomic mass is 10.1. The molecule has 0 aliphatic carbocycles. The summed E-state index contributed by atoms with van der Waals surface area (Å²) in [7, 11) is 1.70. The predicted molar refractivity (Wildman–Crippen MR) is 50.9 cm³/mol. The fraction of sp³-hybridized carbons (Fsp3) is 0.667. The van der Waals surface area contributed by atoms with Crippen LogP contribution in [0.4, 0.5) is 0 Å². The van der Waals surface area contributed by atoms with Gasteiger partial charge in [-0.2, -0.15) is 4.58 Å². The van der Waals surface area contributed by atoms with Gasteiger partial charge in [-0.3, -0.25) is 10.1 Å². The number of hydrogen-bond acceptors (Lipinski definition) is 3. The molecule has 0 spiro atoms. The van der Waals surface area contributed by atoms with Gasteiger partial charge in [0.05, 0.1) is 0 Å². The maximum Gasteiger partial charge on any atom is 0.499 e. The van der Waals surface area contributed by atoms with Gasteiger partial charge in [0, 0.05) is 6.42 Å². The van der Waals surface area contributed by atoms with Gasteiger partial charge >= 0.3 is 5.84 Å². The fourth-order valence-corrected chi connectivity index (χ4v) is 1.57. The van der Waals surface area contributed by atoms with E-state index >= 15 is 0 Å². The van der Waals surface area contributed by atoms with Crippen LogP contribution in [0.3, 0.4) is 0 Å². The molecule has 76 valence electrons. The van der Waals surface area contributed by atoms with Gasteiger partial charge < -0.3 is 4.74 Å². The molecular formula is C9H13N2O3+. The minimum atomic E-state index is -0.459. The highest BCUT2D eigenvalue weighted by atomic mass is 16.6. The molecule has 0 amide bonds. The molecule has 1 unspecified atom stereocenters. The molecule has 0 fully saturated rings. The summed E-state index contributed by atoms with van der Waals surface area (Å²) in [5.41, 5.74) is 0. The average molecular weight is 197 g/mol. The molecule has 5 nitrogen and oxygen atoms in total. The van der Waals surface area contributed by atoms with Crippen LogP contribution >= 0.6 is 0 Å². The highest BCUT2D eigenvalue weighted by Crippen LogP contribution is 2.10. The number of hydrogen-bond donors (Lipinski definition) is 0. The van der Waals surface area contributed by atoms with E-state index in [1.807, 2.05) is 0 Å². The number of ether oxygens (including phenoxy) is 1. The van der Waals surface area contributed by atoms with E-state index in [4.69, 9.17) is 11.2 Å². The fourth-order valence-electron chi connectivity index (χ4n) is 1.57. The molecule has 0 radical (unpaired) electrons. The van der Waals surface area contributed by atoms with Crippen molar-refractivity contribution in [3.05, 3.63) is 10.1 Å². The standard InChI is InChI=1S/C9H13N2O3/c1-3-7-14-8-5-4-6-10(2)9(8)11(12)13/h1,8H,4-7H2,2H3/q+1. The van der Waals surface area contributed by atoms with Gasteiger partial charge in [-0.1, -0.05) is 5.92 Å². The van der Waals surface area contributed by atoms with Gasteiger partial charge in [-0.15, -0.1) is 6.42 Å². The topological polar surface area (TPSA) is 55.4 Å². The van der Waals surface area contributed by atoms with Crippen LogP contribution < -0.4 is 0 Å². The first kappa shape index (κ1) is 10.7. The van der Waals surface area contributed by atoms with E-state index in [1.54, 1.807) is 11.6 Å². The second-order valence-corrected chi connectivity index (χ2v) is 3.18. The molecule has 0 saturated carbocycles. The summed E-state index contributed by atoms with van der Waals surface area (Å²) < 4.78 is 6.84. The molecule has 5 heteroatoms. The van der Waals surface area contributed by atoms with E-state index in [0.29, 0.717) is 13.0 Å². The Kier molecular flexibility index (Phi) is 3.60. The number of terminal acetylenes is 1. The van der Waals surface area contributed by atoms with Crippen LogP contribution in [0.15, 0.2) is 0 Å². The number of nitrogens with zero attached hydrogens (tertiary/aromatic N) is 2. The van der Waals surface area contributed by atoms with Crippen LogP contribution in [0, 0.1) is 22.5 Å². The summed E-state index contributed by atoms with van der Waals surface area (Å²) in [4.78, 5) is 10.3. The van der Waals surface area contributed by atoms with Crippen molar-refractivity contribution in [2.24, 2.45) is 0 Å². The Morgan fingerprint density at radius 1 is 1.86 bits per heavy atom. The van der Waals surface area contributed by atoms with Crippen molar-refractivity contribution in [3.63, 3.8) is 0 Å². The minimum Gasteiger partial charge on any atom is -0.348 e. The molecule has 0 aromatic rings. The summed E-state index contributed by atoms with van der Waals surface area (Å²) in [6.45, 7) is 0.822. The molecule has 14 heavy (non-hydrogen) atoms. The quantitative estimate of drug-likeness (QED) is 0.273. The van der Waals surface area contributed by atoms with Crippen LogP contribution in [-0.4, -0.2) is 41.6 Å². The van der Waals surface area contributed by atoms with Crippen LogP contribution in [-0.2, 0) is 4.74 Å². The normalized spacial score (nSPS) is 21.9. The zero-order valence-corrected chi connectivity index (χ0v) is 8.10. The Balaban J connectivity index is 2.79. The van der Waals surface area contributed by atoms with Crippen molar-refractivity contribution >= 4 is 5.84 Å². The molecule has 1 rings (SSSR count). The lowest BCUT2D eigenvalue weighted by molar-refractivity contribution is -0.564. The zero-order valence-electron chi connectivity index (χ0n) is 8.10. The first-order valence-electron chi connectivity index (χ1n) is 4.44. The summed E-state index contributed by atoms with van der Waals surface area (Å²) in [6.07, 6.45) is 6.14. The average Bonchev–Trinajstić information content (AvgIpc) is 2.14. The maximum absolute atomic E-state index is 10.7. The van der Waals surface area contributed by atoms with Crippen molar-refractivity contribution in [2.75, 3.05) is 20.2 Å². The largest absolute Gasteiger partial charge is 0.499 e. The van der Waals surface area contributed by atoms with Crippen molar-refractivity contribution in [3.8, 4) is 12.3 Å². The van der Waals surface area contributed by atoms with Crippen LogP contribution in [0.1, 0.15) is 12.8 Å². The van der Waals surface area contributed by atoms with E-state index in [9.17, 15) is 10.1 Å². The lowest BCUT2D eigenvalue weighted by Crippen LogP contribution is -2.42. The Bertz CT molecular complexity index is 304. The predicted octanol–water partition coefficient (Wildman–Crippen LogP) is 0.116. The van der Waals surface area contributed by atoms with E-state index in [-0.39, 0.29) is 17.4 Å². The van der Waals surface area contributed by atoms with E-state index < -0.39 is 6.10 Å². The smallest absolute Gasteiger partial charge is 0.348 e. The highest BCUT2D eigenvalue weighted by molar-refractivity contribution is 5.74. The van der Waals surface area contributed by atoms with E-state index in [2.05, 4.69) is 5.92 Å². The summed E-state index contributed by atoms with van der Waals surface area (Å²) in [5, 5.41) is 10.7. The molecule has 1 aliphatic heterocycles. The third kappa shape index (κ3) is 2.30. The summed E-state index contributed by atoms with van der Waals surface area (Å²) >= 11 is 0. The van der Waals surface area contributed by atoms with Crippen molar-refractivity contribution in [1.29, 1.82) is 0 Å². The molecule has 0 saturated heterocycles. The maximum atomic E-state index is 10.7. The van der Waals surface area contributed by atoms with Crippen molar-refractivity contribution in [1.82, 2.24) is 0 Å². The molecular weight excluding hydrogens is 184 g/mol. The second kappa shape index (κ2) is 4.72. The molecule has 0 bridgehead atoms. The highest BCUT2D eigenvalue weighted by Gasteiger charge is 2.39. The molecule has 1 aliphatic rings. The number of amidine groups is 1. The monoisotopic (exact) mass is 197 g/mol. The minimum absolute atomic E-state index is 0.117. The van der Waals surface area contributed by atoms with Gasteiger partial charge in [0.25, 0.3) is 0 Å². The zero-order chi connectivity index (χ0) is 10.6. The van der Waals surface area contributed by atoms with Crippen LogP contribution in [0.2, 0.25) is 0 Å². The molecule has 0 N–H and O–H groups in total. The van der Waals surface area contributed by atoms with E-state index in [1.165, 1.54) is 0 Å². The third-order valence-electron chi connectivity index (χ3n) is 2.19. The van der Waals surface area contributed by atoms with Gasteiger partial charge in [0.1, 0.15) is 25.1 Å². The molecule has 0 aromatic carbocycles. The van der Waals surface area contributed by atoms with E-state index in [0.717, 1.165) is 6.42 Å². The lowest BCUT2D eigenvalue weighted by Gasteiger charge is -2.14. The molecule has 1 heterocycles. The SMILES string of the molecule is C#CCOC1CCC[N+](C)=C1[N+](=O)[O-]. The van der Waals surface area contributed by atoms with Gasteiger partial charge in [0.15, 0.2) is 0 Å². The number of rotatable bonds is 2. The first-order valence-corrected chi connectivity index (χ1v) is 4.44. The van der Waals surface area contributed by atoms with Gasteiger partial charge in [-0.05, 0) is 6.42 Å². The second-order valence-electron chi connectivity index (χ2n) is 3.18. The van der Waals surface area contributed by atoms with Gasteiger partial charge in [-0.25, -0.2) is 0 Å². The van der Waals surface area contributed by atoms with Gasteiger partial charge in [0.2, 0.25) is 6.10 Å². The Labute approximate surface area is 82.5 Å². The molecule has 1 atom stereocenters. The van der Waals surface area contributed by atoms with Crippen LogP contribution in [0.25, 0.3) is 0 Å². The molecule has 0 aromatic heterocycles. The number of nitro groups is 1. The Morgan fingerprint density at radius 3 is 3.14 bits per heavy atom.